The lowest BCUT2D eigenvalue weighted by molar-refractivity contribution is 0.0695. The molecule has 0 fully saturated rings. The van der Waals surface area contributed by atoms with Gasteiger partial charge in [-0.3, -0.25) is 0 Å². The molecule has 1 aromatic carbocycles. The number of rotatable bonds is 1. The van der Waals surface area contributed by atoms with Gasteiger partial charge in [-0.05, 0) is 28.1 Å². The van der Waals surface area contributed by atoms with Crippen LogP contribution in [0.15, 0.2) is 22.7 Å². The van der Waals surface area contributed by atoms with E-state index in [1.165, 1.54) is 6.07 Å². The fourth-order valence-corrected chi connectivity index (χ4v) is 1.37. The molecule has 1 N–H and O–H groups in total. The standard InChI is InChI=1S/C8H4BrNO2/c9-6-3-1-2-5(4-10)7(6)8(11)12/h1-3H,(H,11,12). The Morgan fingerprint density at radius 3 is 2.67 bits per heavy atom. The van der Waals surface area contributed by atoms with Crippen molar-refractivity contribution < 1.29 is 9.90 Å². The van der Waals surface area contributed by atoms with E-state index in [9.17, 15) is 4.79 Å². The average Bonchev–Trinajstić information content (AvgIpc) is 2.03. The first-order valence-electron chi connectivity index (χ1n) is 3.08. The fraction of sp³-hybridized carbons (Fsp3) is 0. The SMILES string of the molecule is N#Cc1cccc(Br)c1C(=O)O. The lowest BCUT2D eigenvalue weighted by atomic mass is 10.1. The van der Waals surface area contributed by atoms with Crippen molar-refractivity contribution in [2.75, 3.05) is 0 Å². The molecule has 0 spiro atoms. The summed E-state index contributed by atoms with van der Waals surface area (Å²) < 4.78 is 0.425. The van der Waals surface area contributed by atoms with Crippen LogP contribution in [0.1, 0.15) is 15.9 Å². The average molecular weight is 226 g/mol. The van der Waals surface area contributed by atoms with Crippen molar-refractivity contribution in [3.05, 3.63) is 33.8 Å². The molecule has 0 aliphatic carbocycles. The van der Waals surface area contributed by atoms with Crippen molar-refractivity contribution in [3.63, 3.8) is 0 Å². The number of halogens is 1. The maximum atomic E-state index is 10.6. The predicted octanol–water partition coefficient (Wildman–Crippen LogP) is 2.02. The van der Waals surface area contributed by atoms with E-state index in [0.29, 0.717) is 4.47 Å². The van der Waals surface area contributed by atoms with E-state index in [-0.39, 0.29) is 11.1 Å². The molecular formula is C8H4BrNO2. The number of carboxylic acid groups (broad SMARTS) is 1. The summed E-state index contributed by atoms with van der Waals surface area (Å²) in [6.07, 6.45) is 0. The first kappa shape index (κ1) is 8.75. The minimum absolute atomic E-state index is 0.0139. The number of hydrogen-bond acceptors (Lipinski definition) is 2. The topological polar surface area (TPSA) is 61.1 Å². The summed E-state index contributed by atoms with van der Waals surface area (Å²) in [7, 11) is 0. The Morgan fingerprint density at radius 2 is 2.25 bits per heavy atom. The van der Waals surface area contributed by atoms with Crippen LogP contribution in [-0.4, -0.2) is 11.1 Å². The Labute approximate surface area is 77.4 Å². The molecule has 0 aliphatic heterocycles. The molecule has 1 aromatic rings. The summed E-state index contributed by atoms with van der Waals surface area (Å²) in [5, 5.41) is 17.3. The van der Waals surface area contributed by atoms with Crippen LogP contribution in [0, 0.1) is 11.3 Å². The third-order valence-corrected chi connectivity index (χ3v) is 2.01. The Balaban J connectivity index is 3.42. The monoisotopic (exact) mass is 225 g/mol. The van der Waals surface area contributed by atoms with Gasteiger partial charge in [0.1, 0.15) is 6.07 Å². The van der Waals surface area contributed by atoms with Crippen molar-refractivity contribution in [3.8, 4) is 6.07 Å². The lowest BCUT2D eigenvalue weighted by Crippen LogP contribution is -2.00. The second kappa shape index (κ2) is 3.37. The van der Waals surface area contributed by atoms with Crippen LogP contribution < -0.4 is 0 Å². The van der Waals surface area contributed by atoms with Gasteiger partial charge < -0.3 is 5.11 Å². The summed E-state index contributed by atoms with van der Waals surface area (Å²) in [6.45, 7) is 0. The molecule has 0 radical (unpaired) electrons. The number of nitriles is 1. The van der Waals surface area contributed by atoms with E-state index in [0.717, 1.165) is 0 Å². The quantitative estimate of drug-likeness (QED) is 0.796. The molecular weight excluding hydrogens is 222 g/mol. The molecule has 0 bridgehead atoms. The van der Waals surface area contributed by atoms with E-state index in [1.54, 1.807) is 18.2 Å². The smallest absolute Gasteiger partial charge is 0.338 e. The summed E-state index contributed by atoms with van der Waals surface area (Å²) >= 11 is 3.06. The normalized spacial score (nSPS) is 9.00. The number of carboxylic acids is 1. The van der Waals surface area contributed by atoms with Gasteiger partial charge in [-0.2, -0.15) is 5.26 Å². The highest BCUT2D eigenvalue weighted by atomic mass is 79.9. The van der Waals surface area contributed by atoms with Gasteiger partial charge in [0.15, 0.2) is 0 Å². The molecule has 0 saturated heterocycles. The lowest BCUT2D eigenvalue weighted by Gasteiger charge is -1.99. The third-order valence-electron chi connectivity index (χ3n) is 1.35. The van der Waals surface area contributed by atoms with Gasteiger partial charge in [0.25, 0.3) is 0 Å². The summed E-state index contributed by atoms with van der Waals surface area (Å²) in [4.78, 5) is 10.6. The molecule has 0 aliphatic rings. The molecule has 3 nitrogen and oxygen atoms in total. The van der Waals surface area contributed by atoms with Crippen LogP contribution in [0.3, 0.4) is 0 Å². The highest BCUT2D eigenvalue weighted by Gasteiger charge is 2.12. The van der Waals surface area contributed by atoms with Crippen LogP contribution in [-0.2, 0) is 0 Å². The van der Waals surface area contributed by atoms with Crippen molar-refractivity contribution >= 4 is 21.9 Å². The molecule has 4 heteroatoms. The first-order chi connectivity index (χ1) is 5.66. The number of hydrogen-bond donors (Lipinski definition) is 1. The van der Waals surface area contributed by atoms with E-state index < -0.39 is 5.97 Å². The van der Waals surface area contributed by atoms with Crippen molar-refractivity contribution in [1.29, 1.82) is 5.26 Å². The third kappa shape index (κ3) is 1.46. The highest BCUT2D eigenvalue weighted by molar-refractivity contribution is 9.10. The second-order valence-corrected chi connectivity index (χ2v) is 2.93. The van der Waals surface area contributed by atoms with Gasteiger partial charge in [0.2, 0.25) is 0 Å². The predicted molar refractivity (Wildman–Crippen MR) is 45.8 cm³/mol. The van der Waals surface area contributed by atoms with Crippen LogP contribution in [0.25, 0.3) is 0 Å². The first-order valence-corrected chi connectivity index (χ1v) is 3.88. The maximum absolute atomic E-state index is 10.6. The second-order valence-electron chi connectivity index (χ2n) is 2.08. The zero-order chi connectivity index (χ0) is 9.14. The molecule has 0 unspecified atom stereocenters. The van der Waals surface area contributed by atoms with Crippen molar-refractivity contribution in [1.82, 2.24) is 0 Å². The van der Waals surface area contributed by atoms with Crippen LogP contribution in [0.2, 0.25) is 0 Å². The minimum Gasteiger partial charge on any atom is -0.478 e. The number of nitrogens with zero attached hydrogens (tertiary/aromatic N) is 1. The van der Waals surface area contributed by atoms with Crippen molar-refractivity contribution in [2.24, 2.45) is 0 Å². The van der Waals surface area contributed by atoms with E-state index in [2.05, 4.69) is 15.9 Å². The molecule has 0 aromatic heterocycles. The Bertz CT molecular complexity index is 368. The molecule has 1 rings (SSSR count). The van der Waals surface area contributed by atoms with E-state index in [1.807, 2.05) is 0 Å². The van der Waals surface area contributed by atoms with Gasteiger partial charge in [-0.1, -0.05) is 6.07 Å². The molecule has 12 heavy (non-hydrogen) atoms. The van der Waals surface area contributed by atoms with Gasteiger partial charge in [-0.25, -0.2) is 4.79 Å². The molecule has 0 saturated carbocycles. The van der Waals surface area contributed by atoms with Gasteiger partial charge >= 0.3 is 5.97 Å². The Morgan fingerprint density at radius 1 is 1.58 bits per heavy atom. The summed E-state index contributed by atoms with van der Waals surface area (Å²) in [6, 6.07) is 6.48. The zero-order valence-electron chi connectivity index (χ0n) is 5.91. The van der Waals surface area contributed by atoms with Crippen molar-refractivity contribution in [2.45, 2.75) is 0 Å². The zero-order valence-corrected chi connectivity index (χ0v) is 7.50. The summed E-state index contributed by atoms with van der Waals surface area (Å²) in [5.41, 5.74) is 0.178. The largest absolute Gasteiger partial charge is 0.478 e. The Kier molecular flexibility index (Phi) is 2.46. The van der Waals surface area contributed by atoms with Crippen LogP contribution in [0.4, 0.5) is 0 Å². The fourth-order valence-electron chi connectivity index (χ4n) is 0.835. The van der Waals surface area contributed by atoms with E-state index >= 15 is 0 Å². The molecule has 0 heterocycles. The minimum atomic E-state index is -1.10. The van der Waals surface area contributed by atoms with Gasteiger partial charge in [0.05, 0.1) is 11.1 Å². The highest BCUT2D eigenvalue weighted by Crippen LogP contribution is 2.19. The molecule has 0 atom stereocenters. The van der Waals surface area contributed by atoms with Gasteiger partial charge in [-0.15, -0.1) is 0 Å². The number of benzene rings is 1. The maximum Gasteiger partial charge on any atom is 0.338 e. The Hall–Kier alpha value is -1.34. The molecule has 60 valence electrons. The van der Waals surface area contributed by atoms with E-state index in [4.69, 9.17) is 10.4 Å². The van der Waals surface area contributed by atoms with Crippen LogP contribution in [0.5, 0.6) is 0 Å². The molecule has 0 amide bonds. The summed E-state index contributed by atoms with van der Waals surface area (Å²) in [5.74, 6) is -1.10. The van der Waals surface area contributed by atoms with Gasteiger partial charge in [0, 0.05) is 4.47 Å². The number of aromatic carboxylic acids is 1. The number of carbonyl (C=O) groups is 1. The van der Waals surface area contributed by atoms with Crippen LogP contribution >= 0.6 is 15.9 Å².